The van der Waals surface area contributed by atoms with E-state index in [-0.39, 0.29) is 16.8 Å². The molecule has 0 amide bonds. The summed E-state index contributed by atoms with van der Waals surface area (Å²) in [6.07, 6.45) is 1.68. The highest BCUT2D eigenvalue weighted by Crippen LogP contribution is 2.38. The van der Waals surface area contributed by atoms with E-state index in [1.54, 1.807) is 16.7 Å². The SMILES string of the molecule is Cc1cc(N(CCCC(CN2CCOCC2)O[Si](C)(C)C(C)(C)C)c2nc(C(=O)O)cs2)nnc1/N=c1\sc2ccccc2n1COCC[Si](C)(C)C. The molecule has 5 rings (SSSR count). The van der Waals surface area contributed by atoms with Crippen molar-refractivity contribution in [2.75, 3.05) is 50.9 Å². The number of thiazole rings is 2. The highest BCUT2D eigenvalue weighted by atomic mass is 32.1. The van der Waals surface area contributed by atoms with Crippen LogP contribution in [0.5, 0.6) is 0 Å². The monoisotopic (exact) mass is 799 g/mol. The Bertz CT molecular complexity index is 1890. The molecule has 0 saturated carbocycles. The Labute approximate surface area is 324 Å². The average molecular weight is 800 g/mol. The first-order chi connectivity index (χ1) is 25.0. The van der Waals surface area contributed by atoms with E-state index in [0.29, 0.717) is 36.6 Å². The van der Waals surface area contributed by atoms with Crippen molar-refractivity contribution >= 4 is 72.0 Å². The van der Waals surface area contributed by atoms with Gasteiger partial charge in [-0.25, -0.2) is 9.78 Å². The zero-order chi connectivity index (χ0) is 38.4. The second-order valence-electron chi connectivity index (χ2n) is 16.5. The summed E-state index contributed by atoms with van der Waals surface area (Å²) in [5.41, 5.74) is 1.93. The van der Waals surface area contributed by atoms with Gasteiger partial charge in [-0.15, -0.1) is 21.5 Å². The van der Waals surface area contributed by atoms with Crippen molar-refractivity contribution in [3.05, 3.63) is 51.8 Å². The number of morpholine rings is 1. The number of aromatic nitrogens is 4. The van der Waals surface area contributed by atoms with E-state index in [4.69, 9.17) is 18.9 Å². The molecule has 1 aromatic carbocycles. The number of anilines is 2. The Hall–Kier alpha value is -2.84. The molecule has 16 heteroatoms. The van der Waals surface area contributed by atoms with Crippen LogP contribution >= 0.6 is 22.7 Å². The molecule has 1 aliphatic heterocycles. The van der Waals surface area contributed by atoms with E-state index in [2.05, 4.69) is 90.3 Å². The van der Waals surface area contributed by atoms with E-state index < -0.39 is 22.4 Å². The molecule has 53 heavy (non-hydrogen) atoms. The molecule has 4 aromatic rings. The van der Waals surface area contributed by atoms with Crippen LogP contribution in [0, 0.1) is 6.92 Å². The van der Waals surface area contributed by atoms with Crippen molar-refractivity contribution in [3.8, 4) is 0 Å². The topological polar surface area (TPSA) is 127 Å². The number of rotatable bonds is 17. The molecular weight excluding hydrogens is 743 g/mol. The van der Waals surface area contributed by atoms with Gasteiger partial charge in [0.2, 0.25) is 0 Å². The number of carboxylic acid groups (broad SMARTS) is 1. The maximum Gasteiger partial charge on any atom is 0.355 e. The minimum absolute atomic E-state index is 0.0131. The fourth-order valence-electron chi connectivity index (χ4n) is 5.69. The summed E-state index contributed by atoms with van der Waals surface area (Å²) in [7, 11) is -3.25. The van der Waals surface area contributed by atoms with Gasteiger partial charge in [0.05, 0.1) is 29.5 Å². The Morgan fingerprint density at radius 3 is 2.53 bits per heavy atom. The van der Waals surface area contributed by atoms with Crippen LogP contribution in [-0.2, 0) is 20.6 Å². The lowest BCUT2D eigenvalue weighted by Gasteiger charge is -2.41. The second-order valence-corrected chi connectivity index (χ2v) is 28.7. The fourth-order valence-corrected chi connectivity index (χ4v) is 9.68. The van der Waals surface area contributed by atoms with Gasteiger partial charge in [0.25, 0.3) is 0 Å². The minimum Gasteiger partial charge on any atom is -0.476 e. The number of para-hydroxylation sites is 1. The number of benzene rings is 1. The third-order valence-corrected chi connectivity index (χ3v) is 18.1. The highest BCUT2D eigenvalue weighted by Gasteiger charge is 2.39. The highest BCUT2D eigenvalue weighted by molar-refractivity contribution is 7.16. The summed E-state index contributed by atoms with van der Waals surface area (Å²) in [5, 5.41) is 21.2. The quantitative estimate of drug-likeness (QED) is 0.0826. The number of carboxylic acids is 1. The van der Waals surface area contributed by atoms with Gasteiger partial charge in [-0.05, 0) is 67.7 Å². The number of hydrogen-bond donors (Lipinski definition) is 1. The number of aryl methyl sites for hydroxylation is 1. The molecule has 12 nitrogen and oxygen atoms in total. The molecule has 0 radical (unpaired) electrons. The molecule has 0 bridgehead atoms. The van der Waals surface area contributed by atoms with Gasteiger partial charge >= 0.3 is 5.97 Å². The summed E-state index contributed by atoms with van der Waals surface area (Å²) < 4.78 is 22.0. The van der Waals surface area contributed by atoms with E-state index in [0.717, 1.165) is 72.3 Å². The molecule has 1 saturated heterocycles. The first kappa shape index (κ1) is 41.3. The maximum atomic E-state index is 11.8. The van der Waals surface area contributed by atoms with Crippen molar-refractivity contribution < 1.29 is 23.8 Å². The van der Waals surface area contributed by atoms with Gasteiger partial charge in [0.1, 0.15) is 6.73 Å². The molecule has 1 atom stereocenters. The van der Waals surface area contributed by atoms with E-state index in [9.17, 15) is 9.90 Å². The molecule has 290 valence electrons. The average Bonchev–Trinajstić information content (AvgIpc) is 3.71. The number of hydrogen-bond acceptors (Lipinski definition) is 12. The molecule has 1 unspecified atom stereocenters. The predicted octanol–water partition coefficient (Wildman–Crippen LogP) is 8.14. The number of fused-ring (bicyclic) bond motifs is 1. The summed E-state index contributed by atoms with van der Waals surface area (Å²) >= 11 is 2.89. The number of ether oxygens (including phenoxy) is 2. The van der Waals surface area contributed by atoms with Crippen molar-refractivity contribution in [2.45, 2.75) is 97.2 Å². The van der Waals surface area contributed by atoms with E-state index in [1.807, 2.05) is 30.0 Å². The van der Waals surface area contributed by atoms with Gasteiger partial charge < -0.3 is 23.9 Å². The van der Waals surface area contributed by atoms with Gasteiger partial charge in [0.15, 0.2) is 35.6 Å². The molecule has 3 aromatic heterocycles. The first-order valence-corrected chi connectivity index (χ1v) is 26.8. The Kier molecular flexibility index (Phi) is 13.8. The van der Waals surface area contributed by atoms with Crippen LogP contribution in [0.25, 0.3) is 10.2 Å². The van der Waals surface area contributed by atoms with Crippen LogP contribution in [0.15, 0.2) is 40.7 Å². The minimum atomic E-state index is -2.03. The molecule has 1 N–H and O–H groups in total. The van der Waals surface area contributed by atoms with Gasteiger partial charge in [-0.3, -0.25) is 9.47 Å². The summed E-state index contributed by atoms with van der Waals surface area (Å²) in [6.45, 7) is 26.3. The lowest BCUT2D eigenvalue weighted by atomic mass is 10.1. The zero-order valence-corrected chi connectivity index (χ0v) is 36.5. The first-order valence-electron chi connectivity index (χ1n) is 18.5. The fraction of sp³-hybridized carbons (Fsp3) is 0.595. The third-order valence-electron chi connectivity index (χ3n) is 9.91. The van der Waals surface area contributed by atoms with Gasteiger partial charge in [0, 0.05) is 46.2 Å². The maximum absolute atomic E-state index is 11.8. The third kappa shape index (κ3) is 11.3. The van der Waals surface area contributed by atoms with Crippen LogP contribution < -0.4 is 9.70 Å². The molecule has 0 spiro atoms. The molecule has 1 fully saturated rings. The van der Waals surface area contributed by atoms with Crippen molar-refractivity contribution in [1.29, 1.82) is 0 Å². The molecule has 1 aliphatic rings. The Morgan fingerprint density at radius 1 is 1.13 bits per heavy atom. The Balaban J connectivity index is 1.40. The predicted molar refractivity (Wildman–Crippen MR) is 221 cm³/mol. The van der Waals surface area contributed by atoms with Crippen LogP contribution in [0.3, 0.4) is 0 Å². The van der Waals surface area contributed by atoms with Crippen LogP contribution in [0.1, 0.15) is 49.7 Å². The number of carbonyl (C=O) groups is 1. The number of aromatic carboxylic acids is 1. The Morgan fingerprint density at radius 2 is 1.87 bits per heavy atom. The zero-order valence-electron chi connectivity index (χ0n) is 32.8. The number of nitrogens with zero attached hydrogens (tertiary/aromatic N) is 7. The van der Waals surface area contributed by atoms with E-state index >= 15 is 0 Å². The smallest absolute Gasteiger partial charge is 0.355 e. The van der Waals surface area contributed by atoms with Crippen LogP contribution in [0.4, 0.5) is 16.8 Å². The lowest BCUT2D eigenvalue weighted by molar-refractivity contribution is 0.0154. The standard InChI is InChI=1S/C37H57N7O5S2Si2/c1-27-23-32(40-41-33(27)39-36-44(26-48-21-22-52(5,6)7)30-14-10-11-15-31(30)51-36)43(35-38-29(25-50-35)34(45)46)16-12-13-28(24-42-17-19-47-20-18-42)49-53(8,9)37(2,3)4/h10-11,14-15,23,25,28H,12-13,16-22,24,26H2,1-9H3,(H,45,46)/b39-36-. The second kappa shape index (κ2) is 17.7. The lowest BCUT2D eigenvalue weighted by Crippen LogP contribution is -2.48. The van der Waals surface area contributed by atoms with Gasteiger partial charge in [-0.1, -0.05) is 63.9 Å². The van der Waals surface area contributed by atoms with Crippen LogP contribution in [-0.4, -0.2) is 104 Å². The molecule has 0 aliphatic carbocycles. The van der Waals surface area contributed by atoms with E-state index in [1.165, 1.54) is 11.3 Å². The van der Waals surface area contributed by atoms with Crippen LogP contribution in [0.2, 0.25) is 43.8 Å². The van der Waals surface area contributed by atoms with Crippen molar-refractivity contribution in [1.82, 2.24) is 24.6 Å². The van der Waals surface area contributed by atoms with Gasteiger partial charge in [-0.2, -0.15) is 4.99 Å². The summed E-state index contributed by atoms with van der Waals surface area (Å²) in [5.74, 6) is 0.0646. The largest absolute Gasteiger partial charge is 0.476 e. The van der Waals surface area contributed by atoms with Crippen molar-refractivity contribution in [3.63, 3.8) is 0 Å². The normalized spacial score (nSPS) is 15.7. The van der Waals surface area contributed by atoms with Crippen molar-refractivity contribution in [2.24, 2.45) is 4.99 Å². The molecule has 4 heterocycles. The summed E-state index contributed by atoms with van der Waals surface area (Å²) in [4.78, 5) is 26.5. The molecular formula is C37H57N7O5S2Si2. The summed E-state index contributed by atoms with van der Waals surface area (Å²) in [6, 6.07) is 11.3.